The van der Waals surface area contributed by atoms with E-state index in [9.17, 15) is 29.7 Å². The van der Waals surface area contributed by atoms with E-state index in [1.54, 1.807) is 0 Å². The van der Waals surface area contributed by atoms with E-state index in [2.05, 4.69) is 0 Å². The van der Waals surface area contributed by atoms with Gasteiger partial charge in [-0.15, -0.1) is 0 Å². The van der Waals surface area contributed by atoms with E-state index in [1.165, 1.54) is 72.8 Å². The second-order valence-electron chi connectivity index (χ2n) is 5.40. The summed E-state index contributed by atoms with van der Waals surface area (Å²) in [6.45, 7) is 0. The third-order valence-electron chi connectivity index (χ3n) is 3.35. The second-order valence-corrected chi connectivity index (χ2v) is 5.40. The molecule has 9 nitrogen and oxygen atoms in total. The van der Waals surface area contributed by atoms with Gasteiger partial charge in [0.2, 0.25) is 0 Å². The Kier molecular flexibility index (Phi) is 11.6. The number of carboxylic acid groups (broad SMARTS) is 3. The maximum Gasteiger partial charge on any atom is 3.00 e. The van der Waals surface area contributed by atoms with Crippen LogP contribution >= 0.6 is 0 Å². The van der Waals surface area contributed by atoms with Gasteiger partial charge < -0.3 is 30.6 Å². The number of para-hydroxylation sites is 3. The summed E-state index contributed by atoms with van der Waals surface area (Å²) in [7, 11) is 0. The van der Waals surface area contributed by atoms with Crippen molar-refractivity contribution in [3.63, 3.8) is 0 Å². The molecule has 0 bridgehead atoms. The summed E-state index contributed by atoms with van der Waals surface area (Å²) >= 11 is 0. The summed E-state index contributed by atoms with van der Waals surface area (Å²) in [6, 6.07) is 16.6. The van der Waals surface area contributed by atoms with Gasteiger partial charge in [0.1, 0.15) is 0 Å². The van der Waals surface area contributed by atoms with E-state index in [-0.39, 0.29) is 34.1 Å². The molecule has 0 spiro atoms. The van der Waals surface area contributed by atoms with Gasteiger partial charge in [-0.1, -0.05) is 71.8 Å². The molecule has 3 N–H and O–H groups in total. The van der Waals surface area contributed by atoms with Crippen molar-refractivity contribution >= 4 is 17.9 Å². The van der Waals surface area contributed by atoms with Crippen LogP contribution < -0.4 is 15.3 Å². The molecule has 3 aromatic rings. The largest absolute Gasteiger partial charge is 3.00 e. The first-order valence-corrected chi connectivity index (χ1v) is 8.13. The molecular weight excluding hydrogens is 448 g/mol. The van der Waals surface area contributed by atoms with E-state index >= 15 is 0 Å². The first-order valence-electron chi connectivity index (χ1n) is 8.13. The van der Waals surface area contributed by atoms with Crippen molar-refractivity contribution in [3.05, 3.63) is 89.5 Å². The first-order chi connectivity index (χ1) is 14.1. The average molecular weight is 463 g/mol. The zero-order valence-corrected chi connectivity index (χ0v) is 16.9. The molecule has 1 radical (unpaired) electrons. The minimum Gasteiger partial charge on any atom is -0.872 e. The molecular formula is C21H15CrO9. The molecule has 0 aliphatic rings. The van der Waals surface area contributed by atoms with Crippen LogP contribution in [0.2, 0.25) is 0 Å². The van der Waals surface area contributed by atoms with E-state index in [4.69, 9.17) is 15.3 Å². The Labute approximate surface area is 187 Å². The number of aromatic carboxylic acids is 3. The Morgan fingerprint density at radius 2 is 0.677 bits per heavy atom. The van der Waals surface area contributed by atoms with Crippen molar-refractivity contribution in [2.45, 2.75) is 0 Å². The minimum absolute atomic E-state index is 0. The Balaban J connectivity index is 0.000000429. The number of carbonyl (C=O) groups is 3. The molecule has 0 aliphatic heterocycles. The zero-order chi connectivity index (χ0) is 22.7. The molecule has 3 aromatic carbocycles. The van der Waals surface area contributed by atoms with Gasteiger partial charge >= 0.3 is 35.3 Å². The van der Waals surface area contributed by atoms with Crippen molar-refractivity contribution in [3.8, 4) is 17.2 Å². The summed E-state index contributed by atoms with van der Waals surface area (Å²) in [5, 5.41) is 57.1. The van der Waals surface area contributed by atoms with Crippen molar-refractivity contribution in [2.75, 3.05) is 0 Å². The maximum atomic E-state index is 10.7. The van der Waals surface area contributed by atoms with Gasteiger partial charge in [-0.05, 0) is 18.2 Å². The van der Waals surface area contributed by atoms with E-state index < -0.39 is 35.2 Å². The zero-order valence-electron chi connectivity index (χ0n) is 15.6. The van der Waals surface area contributed by atoms with Crippen LogP contribution in [0.4, 0.5) is 0 Å². The van der Waals surface area contributed by atoms with Gasteiger partial charge in [0.05, 0.1) is 16.7 Å². The molecule has 0 aromatic heterocycles. The van der Waals surface area contributed by atoms with Crippen LogP contribution in [0.25, 0.3) is 0 Å². The molecule has 0 amide bonds. The van der Waals surface area contributed by atoms with Gasteiger partial charge in [-0.3, -0.25) is 0 Å². The normalized spacial score (nSPS) is 8.90. The molecule has 10 heteroatoms. The third kappa shape index (κ3) is 8.91. The Hall–Kier alpha value is -4.00. The molecule has 0 saturated carbocycles. The number of carboxylic acids is 3. The van der Waals surface area contributed by atoms with E-state index in [1.807, 2.05) is 0 Å². The Bertz CT molecular complexity index is 903. The standard InChI is InChI=1S/3C7H6O3.Cr/c3*8-6-4-2-1-3-5(6)7(9)10;/h3*1-4,8H,(H,9,10);/q;;;+3/p-3. The first kappa shape index (κ1) is 27.0. The number of hydrogen-bond acceptors (Lipinski definition) is 6. The summed E-state index contributed by atoms with van der Waals surface area (Å²) in [5.41, 5.74) is -0.535. The van der Waals surface area contributed by atoms with Gasteiger partial charge in [0, 0.05) is 0 Å². The van der Waals surface area contributed by atoms with Crippen LogP contribution in [-0.2, 0) is 17.4 Å². The fraction of sp³-hybridized carbons (Fsp3) is 0. The predicted octanol–water partition coefficient (Wildman–Crippen LogP) is 1.37. The number of benzene rings is 3. The van der Waals surface area contributed by atoms with Crippen LogP contribution in [0.3, 0.4) is 0 Å². The van der Waals surface area contributed by atoms with Crippen LogP contribution in [-0.4, -0.2) is 33.2 Å². The average Bonchev–Trinajstić information content (AvgIpc) is 2.69. The molecule has 0 atom stereocenters. The molecule has 3 rings (SSSR count). The van der Waals surface area contributed by atoms with Crippen LogP contribution in [0.5, 0.6) is 17.2 Å². The van der Waals surface area contributed by atoms with Crippen LogP contribution in [0, 0.1) is 0 Å². The topological polar surface area (TPSA) is 181 Å². The van der Waals surface area contributed by atoms with Crippen LogP contribution in [0.15, 0.2) is 72.8 Å². The molecule has 0 unspecified atom stereocenters. The van der Waals surface area contributed by atoms with E-state index in [0.717, 1.165) is 0 Å². The van der Waals surface area contributed by atoms with Crippen LogP contribution in [0.1, 0.15) is 31.1 Å². The second kappa shape index (κ2) is 13.3. The summed E-state index contributed by atoms with van der Waals surface area (Å²) in [4.78, 5) is 30.7. The van der Waals surface area contributed by atoms with Gasteiger partial charge in [-0.25, -0.2) is 14.4 Å². The van der Waals surface area contributed by atoms with Crippen molar-refractivity contribution in [2.24, 2.45) is 0 Å². The molecule has 159 valence electrons. The minimum atomic E-state index is -1.18. The van der Waals surface area contributed by atoms with Gasteiger partial charge in [0.25, 0.3) is 0 Å². The number of rotatable bonds is 3. The predicted molar refractivity (Wildman–Crippen MR) is 98.5 cm³/mol. The van der Waals surface area contributed by atoms with Gasteiger partial charge in [-0.2, -0.15) is 0 Å². The molecule has 31 heavy (non-hydrogen) atoms. The Morgan fingerprint density at radius 3 is 0.806 bits per heavy atom. The SMILES string of the molecule is O=C(O)c1ccccc1[O-].O=C(O)c1ccccc1[O-].O=C(O)c1ccccc1[O-].[Cr+3]. The number of hydrogen-bond donors (Lipinski definition) is 3. The summed E-state index contributed by atoms with van der Waals surface area (Å²) in [5.74, 6) is -4.87. The molecule has 0 aliphatic carbocycles. The Morgan fingerprint density at radius 1 is 0.484 bits per heavy atom. The fourth-order valence-electron chi connectivity index (χ4n) is 1.93. The summed E-state index contributed by atoms with van der Waals surface area (Å²) in [6.07, 6.45) is 0. The summed E-state index contributed by atoms with van der Waals surface area (Å²) < 4.78 is 0. The molecule has 0 fully saturated rings. The van der Waals surface area contributed by atoms with Gasteiger partial charge in [0.15, 0.2) is 0 Å². The fourth-order valence-corrected chi connectivity index (χ4v) is 1.93. The van der Waals surface area contributed by atoms with Crippen molar-refractivity contribution in [1.29, 1.82) is 0 Å². The quantitative estimate of drug-likeness (QED) is 0.517. The third-order valence-corrected chi connectivity index (χ3v) is 3.35. The maximum absolute atomic E-state index is 10.7. The van der Waals surface area contributed by atoms with Crippen molar-refractivity contribution in [1.82, 2.24) is 0 Å². The van der Waals surface area contributed by atoms with E-state index in [0.29, 0.717) is 0 Å². The smallest absolute Gasteiger partial charge is 0.872 e. The molecule has 0 heterocycles. The van der Waals surface area contributed by atoms with Crippen molar-refractivity contribution < 1.29 is 62.4 Å². The monoisotopic (exact) mass is 463 g/mol. The molecule has 0 saturated heterocycles.